The van der Waals surface area contributed by atoms with E-state index in [1.54, 1.807) is 12.1 Å². The van der Waals surface area contributed by atoms with E-state index in [0.717, 1.165) is 11.3 Å². The molecule has 1 aromatic heterocycles. The number of aromatic nitrogens is 2. The fourth-order valence-electron chi connectivity index (χ4n) is 3.40. The normalized spacial score (nSPS) is 18.7. The van der Waals surface area contributed by atoms with Gasteiger partial charge >= 0.3 is 0 Å². The predicted molar refractivity (Wildman–Crippen MR) is 113 cm³/mol. The second-order valence-corrected chi connectivity index (χ2v) is 7.68. The Labute approximate surface area is 185 Å². The van der Waals surface area contributed by atoms with E-state index in [9.17, 15) is 18.4 Å². The first-order valence-electron chi connectivity index (χ1n) is 9.58. The van der Waals surface area contributed by atoms with E-state index < -0.39 is 18.4 Å². The Morgan fingerprint density at radius 2 is 2.28 bits per heavy atom. The third kappa shape index (κ3) is 4.46. The van der Waals surface area contributed by atoms with Crippen molar-refractivity contribution in [3.63, 3.8) is 0 Å². The number of hydrogen-bond donors (Lipinski definition) is 2. The molecule has 2 amide bonds. The highest BCUT2D eigenvalue weighted by molar-refractivity contribution is 7.13. The zero-order valence-electron chi connectivity index (χ0n) is 16.9. The second-order valence-electron chi connectivity index (χ2n) is 6.85. The molecule has 1 aromatic carbocycles. The number of rotatable bonds is 6. The van der Waals surface area contributed by atoms with Crippen LogP contribution in [0.1, 0.15) is 15.9 Å². The monoisotopic (exact) mass is 463 g/mol. The zero-order valence-corrected chi connectivity index (χ0v) is 17.7. The molecule has 1 fully saturated rings. The standard InChI is InChI=1S/C20H19F2N5O4S/c1-30-16-8-23-15(18(21)22)7-14(16)13-6-11(27-4-5-31-9-17(27)28)2-3-12(13)19(29)25-20-26-24-10-32-20/h2-3,6-8,10,15,18,23H,4-5,9H2,1H3,(H,25,26,29). The summed E-state index contributed by atoms with van der Waals surface area (Å²) in [4.78, 5) is 26.9. The lowest BCUT2D eigenvalue weighted by Gasteiger charge is -2.28. The molecule has 9 nitrogen and oxygen atoms in total. The van der Waals surface area contributed by atoms with Crippen LogP contribution in [0.25, 0.3) is 5.57 Å². The fourth-order valence-corrected chi connectivity index (χ4v) is 3.84. The first-order chi connectivity index (χ1) is 15.5. The van der Waals surface area contributed by atoms with Gasteiger partial charge in [0.2, 0.25) is 5.13 Å². The number of carbonyl (C=O) groups is 2. The molecule has 168 valence electrons. The van der Waals surface area contributed by atoms with Crippen molar-refractivity contribution in [3.8, 4) is 0 Å². The van der Waals surface area contributed by atoms with Crippen LogP contribution in [0, 0.1) is 0 Å². The van der Waals surface area contributed by atoms with Gasteiger partial charge in [0, 0.05) is 29.6 Å². The largest absolute Gasteiger partial charge is 0.495 e. The molecule has 2 N–H and O–H groups in total. The van der Waals surface area contributed by atoms with Crippen molar-refractivity contribution in [1.29, 1.82) is 0 Å². The third-order valence-electron chi connectivity index (χ3n) is 4.93. The van der Waals surface area contributed by atoms with Crippen molar-refractivity contribution in [2.24, 2.45) is 0 Å². The summed E-state index contributed by atoms with van der Waals surface area (Å²) in [6.07, 6.45) is -0.0290. The van der Waals surface area contributed by atoms with E-state index in [2.05, 4.69) is 20.8 Å². The lowest BCUT2D eigenvalue weighted by molar-refractivity contribution is -0.125. The molecule has 0 aliphatic carbocycles. The van der Waals surface area contributed by atoms with E-state index in [1.807, 2.05) is 0 Å². The molecular weight excluding hydrogens is 444 g/mol. The molecule has 0 spiro atoms. The van der Waals surface area contributed by atoms with Crippen LogP contribution < -0.4 is 15.5 Å². The highest BCUT2D eigenvalue weighted by atomic mass is 32.1. The minimum absolute atomic E-state index is 0.0576. The molecule has 1 atom stereocenters. The zero-order chi connectivity index (χ0) is 22.7. The summed E-state index contributed by atoms with van der Waals surface area (Å²) >= 11 is 1.14. The first-order valence-corrected chi connectivity index (χ1v) is 10.5. The van der Waals surface area contributed by atoms with Crippen LogP contribution in [-0.4, -0.2) is 61.3 Å². The van der Waals surface area contributed by atoms with Crippen molar-refractivity contribution in [2.75, 3.05) is 37.1 Å². The highest BCUT2D eigenvalue weighted by Crippen LogP contribution is 2.34. The molecule has 0 bridgehead atoms. The molecule has 2 aliphatic rings. The molecule has 32 heavy (non-hydrogen) atoms. The van der Waals surface area contributed by atoms with E-state index in [-0.39, 0.29) is 23.8 Å². The molecule has 3 heterocycles. The van der Waals surface area contributed by atoms with Crippen molar-refractivity contribution >= 4 is 39.5 Å². The van der Waals surface area contributed by atoms with Gasteiger partial charge in [0.1, 0.15) is 23.9 Å². The van der Waals surface area contributed by atoms with E-state index in [4.69, 9.17) is 9.47 Å². The van der Waals surface area contributed by atoms with E-state index in [0.29, 0.717) is 35.1 Å². The average Bonchev–Trinajstić information content (AvgIpc) is 3.31. The quantitative estimate of drug-likeness (QED) is 0.677. The molecule has 0 saturated carbocycles. The molecule has 12 heteroatoms. The number of methoxy groups -OCH3 is 1. The van der Waals surface area contributed by atoms with Gasteiger partial charge in [-0.1, -0.05) is 11.3 Å². The minimum Gasteiger partial charge on any atom is -0.495 e. The van der Waals surface area contributed by atoms with Gasteiger partial charge in [-0.25, -0.2) is 8.78 Å². The minimum atomic E-state index is -2.68. The van der Waals surface area contributed by atoms with Gasteiger partial charge < -0.3 is 19.7 Å². The number of benzene rings is 1. The number of nitrogens with one attached hydrogen (secondary N) is 2. The molecule has 2 aromatic rings. The highest BCUT2D eigenvalue weighted by Gasteiger charge is 2.28. The Morgan fingerprint density at radius 3 is 2.97 bits per heavy atom. The van der Waals surface area contributed by atoms with Crippen molar-refractivity contribution in [2.45, 2.75) is 12.5 Å². The number of morpholine rings is 1. The van der Waals surface area contributed by atoms with Crippen LogP contribution >= 0.6 is 11.3 Å². The summed E-state index contributed by atoms with van der Waals surface area (Å²) in [6, 6.07) is 3.52. The van der Waals surface area contributed by atoms with Gasteiger partial charge in [-0.05, 0) is 29.8 Å². The van der Waals surface area contributed by atoms with Crippen molar-refractivity contribution < 1.29 is 27.8 Å². The van der Waals surface area contributed by atoms with Crippen LogP contribution in [-0.2, 0) is 14.3 Å². The number of carbonyl (C=O) groups excluding carboxylic acids is 2. The lowest BCUT2D eigenvalue weighted by atomic mass is 9.93. The van der Waals surface area contributed by atoms with Gasteiger partial charge in [0.15, 0.2) is 0 Å². The summed E-state index contributed by atoms with van der Waals surface area (Å²) in [6.45, 7) is 0.642. The first kappa shape index (κ1) is 21.8. The Kier molecular flexibility index (Phi) is 6.42. The molecule has 2 aliphatic heterocycles. The van der Waals surface area contributed by atoms with Crippen LogP contribution in [0.15, 0.2) is 41.7 Å². The van der Waals surface area contributed by atoms with Crippen molar-refractivity contribution in [3.05, 3.63) is 52.9 Å². The third-order valence-corrected chi connectivity index (χ3v) is 5.53. The SMILES string of the molecule is COC1=CNC(C(F)F)C=C1c1cc(N2CCOCC2=O)ccc1C(=O)Nc1nncs1. The van der Waals surface area contributed by atoms with Crippen LogP contribution in [0.3, 0.4) is 0 Å². The smallest absolute Gasteiger partial charge is 0.261 e. The number of nitrogens with zero attached hydrogens (tertiary/aromatic N) is 3. The van der Waals surface area contributed by atoms with Crippen LogP contribution in [0.4, 0.5) is 19.6 Å². The van der Waals surface area contributed by atoms with Gasteiger partial charge in [-0.2, -0.15) is 0 Å². The number of ether oxygens (including phenoxy) is 2. The van der Waals surface area contributed by atoms with Gasteiger partial charge in [-0.15, -0.1) is 10.2 Å². The van der Waals surface area contributed by atoms with Crippen LogP contribution in [0.5, 0.6) is 0 Å². The van der Waals surface area contributed by atoms with E-state index >= 15 is 0 Å². The maximum absolute atomic E-state index is 13.4. The Bertz CT molecular complexity index is 1070. The van der Waals surface area contributed by atoms with Crippen molar-refractivity contribution in [1.82, 2.24) is 15.5 Å². The van der Waals surface area contributed by atoms with Gasteiger partial charge in [-0.3, -0.25) is 14.9 Å². The summed E-state index contributed by atoms with van der Waals surface area (Å²) < 4.78 is 37.4. The van der Waals surface area contributed by atoms with Gasteiger partial charge in [0.25, 0.3) is 18.2 Å². The summed E-state index contributed by atoms with van der Waals surface area (Å²) in [5, 5.41) is 13.0. The molecule has 1 saturated heterocycles. The second kappa shape index (κ2) is 9.40. The molecule has 1 unspecified atom stereocenters. The number of amides is 2. The average molecular weight is 463 g/mol. The lowest BCUT2D eigenvalue weighted by Crippen LogP contribution is -2.41. The summed E-state index contributed by atoms with van der Waals surface area (Å²) in [7, 11) is 1.40. The summed E-state index contributed by atoms with van der Waals surface area (Å²) in [5.41, 5.74) is 2.83. The van der Waals surface area contributed by atoms with E-state index in [1.165, 1.54) is 35.9 Å². The Morgan fingerprint density at radius 1 is 1.44 bits per heavy atom. The number of alkyl halides is 2. The number of hydrogen-bond acceptors (Lipinski definition) is 8. The molecule has 0 radical (unpaired) electrons. The Hall–Kier alpha value is -3.38. The van der Waals surface area contributed by atoms with Crippen LogP contribution in [0.2, 0.25) is 0 Å². The number of dihydropyridines is 1. The topological polar surface area (TPSA) is 106 Å². The maximum Gasteiger partial charge on any atom is 0.261 e. The van der Waals surface area contributed by atoms with Gasteiger partial charge in [0.05, 0.1) is 13.7 Å². The number of anilines is 2. The number of halogens is 2. The summed E-state index contributed by atoms with van der Waals surface area (Å²) in [5.74, 6) is -0.460. The maximum atomic E-state index is 13.4. The predicted octanol–water partition coefficient (Wildman–Crippen LogP) is 2.26. The Balaban J connectivity index is 1.80. The molecule has 4 rings (SSSR count). The number of allylic oxidation sites excluding steroid dienone is 1. The fraction of sp³-hybridized carbons (Fsp3) is 0.300. The molecular formula is C20H19F2N5O4S.